The van der Waals surface area contributed by atoms with Crippen LogP contribution in [-0.4, -0.2) is 29.6 Å². The molecule has 2 nitrogen and oxygen atoms in total. The van der Waals surface area contributed by atoms with E-state index in [0.717, 1.165) is 0 Å². The lowest BCUT2D eigenvalue weighted by atomic mass is 10.0. The molecular weight excluding hydrogens is 328 g/mol. The first-order valence-electron chi connectivity index (χ1n) is 12.4. The van der Waals surface area contributed by atoms with Crippen molar-refractivity contribution in [1.82, 2.24) is 9.80 Å². The maximum atomic E-state index is 2.46. The zero-order valence-electron chi connectivity index (χ0n) is 19.1. The van der Waals surface area contributed by atoms with Crippen LogP contribution >= 0.6 is 0 Å². The van der Waals surface area contributed by atoms with Crippen LogP contribution in [0, 0.1) is 0 Å². The molecule has 0 aromatic heterocycles. The summed E-state index contributed by atoms with van der Waals surface area (Å²) in [6.45, 7) is 5.81. The molecule has 1 aliphatic rings. The molecule has 1 atom stereocenters. The molecule has 0 amide bonds. The molecule has 0 saturated heterocycles. The average molecular weight is 379 g/mol. The van der Waals surface area contributed by atoms with Crippen molar-refractivity contribution in [3.63, 3.8) is 0 Å². The summed E-state index contributed by atoms with van der Waals surface area (Å²) in [5, 5.41) is 0. The average Bonchev–Trinajstić information content (AvgIpc) is 2.99. The lowest BCUT2D eigenvalue weighted by Gasteiger charge is -2.26. The maximum absolute atomic E-state index is 2.46. The van der Waals surface area contributed by atoms with E-state index in [-0.39, 0.29) is 0 Å². The molecule has 0 N–H and O–H groups in total. The lowest BCUT2D eigenvalue weighted by molar-refractivity contribution is 0.192. The fourth-order valence-electron chi connectivity index (χ4n) is 4.13. The first kappa shape index (κ1) is 24.4. The largest absolute Gasteiger partial charge is 0.359 e. The number of rotatable bonds is 19. The third kappa shape index (κ3) is 13.2. The molecule has 0 fully saturated rings. The van der Waals surface area contributed by atoms with Crippen LogP contribution in [0.4, 0.5) is 0 Å². The summed E-state index contributed by atoms with van der Waals surface area (Å²) in [5.74, 6) is 0. The summed E-state index contributed by atoms with van der Waals surface area (Å²) in [6, 6.07) is 0. The van der Waals surface area contributed by atoms with Crippen molar-refractivity contribution < 1.29 is 0 Å². The van der Waals surface area contributed by atoms with Crippen LogP contribution in [0.3, 0.4) is 0 Å². The summed E-state index contributed by atoms with van der Waals surface area (Å²) in [6.07, 6.45) is 31.1. The molecule has 160 valence electrons. The van der Waals surface area contributed by atoms with Crippen LogP contribution in [0.25, 0.3) is 0 Å². The first-order chi connectivity index (χ1) is 13.3. The van der Waals surface area contributed by atoms with E-state index in [2.05, 4.69) is 43.1 Å². The lowest BCUT2D eigenvalue weighted by Crippen LogP contribution is -2.34. The highest BCUT2D eigenvalue weighted by atomic mass is 15.4. The number of hydrogen-bond donors (Lipinski definition) is 0. The summed E-state index contributed by atoms with van der Waals surface area (Å²) in [7, 11) is 2.16. The molecule has 0 aromatic rings. The Morgan fingerprint density at radius 1 is 0.556 bits per heavy atom. The van der Waals surface area contributed by atoms with Gasteiger partial charge in [-0.15, -0.1) is 0 Å². The van der Waals surface area contributed by atoms with Gasteiger partial charge in [-0.25, -0.2) is 0 Å². The normalized spacial score (nSPS) is 16.6. The van der Waals surface area contributed by atoms with Crippen molar-refractivity contribution in [3.05, 3.63) is 12.4 Å². The van der Waals surface area contributed by atoms with Gasteiger partial charge in [0.05, 0.1) is 6.17 Å². The van der Waals surface area contributed by atoms with E-state index in [1.165, 1.54) is 122 Å². The fraction of sp³-hybridized carbons (Fsp3) is 0.920. The van der Waals surface area contributed by atoms with Crippen LogP contribution in [-0.2, 0) is 0 Å². The minimum atomic E-state index is 0.552. The quantitative estimate of drug-likeness (QED) is 0.209. The van der Waals surface area contributed by atoms with Crippen molar-refractivity contribution in [2.75, 3.05) is 13.6 Å². The molecule has 2 heteroatoms. The molecule has 1 aliphatic heterocycles. The number of unbranched alkanes of at least 4 members (excludes halogenated alkanes) is 17. The topological polar surface area (TPSA) is 6.48 Å². The molecule has 1 unspecified atom stereocenters. The van der Waals surface area contributed by atoms with Crippen LogP contribution in [0.1, 0.15) is 129 Å². The van der Waals surface area contributed by atoms with Crippen LogP contribution in [0.15, 0.2) is 12.4 Å². The Labute approximate surface area is 171 Å². The molecule has 0 aliphatic carbocycles. The van der Waals surface area contributed by atoms with E-state index in [0.29, 0.717) is 6.17 Å². The smallest absolute Gasteiger partial charge is 0.0974 e. The highest BCUT2D eigenvalue weighted by Gasteiger charge is 2.17. The Morgan fingerprint density at radius 2 is 0.926 bits per heavy atom. The van der Waals surface area contributed by atoms with Crippen molar-refractivity contribution in [2.45, 2.75) is 136 Å². The second-order valence-electron chi connectivity index (χ2n) is 8.84. The Morgan fingerprint density at radius 3 is 1.26 bits per heavy atom. The van der Waals surface area contributed by atoms with Gasteiger partial charge in [-0.1, -0.05) is 116 Å². The summed E-state index contributed by atoms with van der Waals surface area (Å²) < 4.78 is 0. The van der Waals surface area contributed by atoms with Gasteiger partial charge < -0.3 is 9.80 Å². The van der Waals surface area contributed by atoms with Crippen LogP contribution < -0.4 is 0 Å². The minimum Gasteiger partial charge on any atom is -0.359 e. The molecular formula is C25H50N2. The minimum absolute atomic E-state index is 0.552. The molecule has 0 radical (unpaired) electrons. The van der Waals surface area contributed by atoms with Crippen molar-refractivity contribution in [3.8, 4) is 0 Å². The third-order valence-corrected chi connectivity index (χ3v) is 6.33. The SMILES string of the molecule is CCCCCCCCCCCCCCCCCCCCN1C=CN(C)C1C. The standard InChI is InChI=1S/C25H50N2/c1-4-5-6-7-8-9-10-11-12-13-14-15-16-17-18-19-20-21-22-27-24-23-26(3)25(27)2/h23-25H,4-22H2,1-3H3. The van der Waals surface area contributed by atoms with Gasteiger partial charge in [-0.3, -0.25) is 0 Å². The van der Waals surface area contributed by atoms with Gasteiger partial charge in [0, 0.05) is 26.0 Å². The summed E-state index contributed by atoms with van der Waals surface area (Å²) >= 11 is 0. The highest BCUT2D eigenvalue weighted by Crippen LogP contribution is 2.16. The molecule has 0 saturated carbocycles. The molecule has 1 rings (SSSR count). The van der Waals surface area contributed by atoms with E-state index in [1.54, 1.807) is 0 Å². The molecule has 0 bridgehead atoms. The zero-order valence-corrected chi connectivity index (χ0v) is 19.1. The zero-order chi connectivity index (χ0) is 19.6. The van der Waals surface area contributed by atoms with Gasteiger partial charge in [0.25, 0.3) is 0 Å². The molecule has 0 spiro atoms. The Kier molecular flexibility index (Phi) is 15.7. The van der Waals surface area contributed by atoms with Gasteiger partial charge in [0.1, 0.15) is 0 Å². The predicted molar refractivity (Wildman–Crippen MR) is 122 cm³/mol. The first-order valence-corrected chi connectivity index (χ1v) is 12.4. The van der Waals surface area contributed by atoms with E-state index in [4.69, 9.17) is 0 Å². The Balaban J connectivity index is 1.69. The van der Waals surface area contributed by atoms with Gasteiger partial charge >= 0.3 is 0 Å². The third-order valence-electron chi connectivity index (χ3n) is 6.33. The van der Waals surface area contributed by atoms with Crippen molar-refractivity contribution >= 4 is 0 Å². The summed E-state index contributed by atoms with van der Waals surface area (Å²) in [5.41, 5.74) is 0. The summed E-state index contributed by atoms with van der Waals surface area (Å²) in [4.78, 5) is 4.75. The van der Waals surface area contributed by atoms with Gasteiger partial charge in [0.15, 0.2) is 0 Å². The van der Waals surface area contributed by atoms with E-state index < -0.39 is 0 Å². The van der Waals surface area contributed by atoms with Gasteiger partial charge in [-0.2, -0.15) is 0 Å². The number of hydrogen-bond acceptors (Lipinski definition) is 2. The Bertz CT molecular complexity index is 339. The van der Waals surface area contributed by atoms with E-state index in [9.17, 15) is 0 Å². The number of nitrogens with zero attached hydrogens (tertiary/aromatic N) is 2. The predicted octanol–water partition coefficient (Wildman–Crippen LogP) is 8.09. The van der Waals surface area contributed by atoms with Gasteiger partial charge in [0.2, 0.25) is 0 Å². The second kappa shape index (κ2) is 17.4. The molecule has 0 aromatic carbocycles. The van der Waals surface area contributed by atoms with Gasteiger partial charge in [-0.05, 0) is 13.3 Å². The van der Waals surface area contributed by atoms with Crippen molar-refractivity contribution in [2.24, 2.45) is 0 Å². The monoisotopic (exact) mass is 378 g/mol. The van der Waals surface area contributed by atoms with E-state index >= 15 is 0 Å². The van der Waals surface area contributed by atoms with Crippen molar-refractivity contribution in [1.29, 1.82) is 0 Å². The van der Waals surface area contributed by atoms with Crippen LogP contribution in [0.5, 0.6) is 0 Å². The molecule has 27 heavy (non-hydrogen) atoms. The fourth-order valence-corrected chi connectivity index (χ4v) is 4.13. The van der Waals surface area contributed by atoms with E-state index in [1.807, 2.05) is 0 Å². The Hall–Kier alpha value is -0.660. The maximum Gasteiger partial charge on any atom is 0.0974 e. The second-order valence-corrected chi connectivity index (χ2v) is 8.84. The molecule has 1 heterocycles. The highest BCUT2D eigenvalue weighted by molar-refractivity contribution is 4.93. The van der Waals surface area contributed by atoms with Crippen LogP contribution in [0.2, 0.25) is 0 Å².